The molecule has 0 aliphatic carbocycles. The first-order chi connectivity index (χ1) is 7.24. The summed E-state index contributed by atoms with van der Waals surface area (Å²) in [4.78, 5) is 0. The van der Waals surface area contributed by atoms with Gasteiger partial charge in [0.05, 0.1) is 0 Å². The molecule has 2 aliphatic heterocycles. The van der Waals surface area contributed by atoms with E-state index in [9.17, 15) is 8.78 Å². The Bertz CT molecular complexity index is 391. The number of hydrogen-bond acceptors (Lipinski definition) is 1. The van der Waals surface area contributed by atoms with Crippen LogP contribution in [0.5, 0.6) is 0 Å². The molecule has 3 heteroatoms. The molecule has 15 heavy (non-hydrogen) atoms. The van der Waals surface area contributed by atoms with Gasteiger partial charge >= 0.3 is 0 Å². The van der Waals surface area contributed by atoms with Crippen LogP contribution in [0.3, 0.4) is 0 Å². The molecule has 2 saturated heterocycles. The summed E-state index contributed by atoms with van der Waals surface area (Å²) in [6.45, 7) is 0. The molecule has 2 fully saturated rings. The van der Waals surface area contributed by atoms with Crippen molar-refractivity contribution in [1.82, 2.24) is 5.32 Å². The summed E-state index contributed by atoms with van der Waals surface area (Å²) in [5.74, 6) is -1.11. The normalized spacial score (nSPS) is 33.6. The van der Waals surface area contributed by atoms with Crippen LogP contribution in [0.2, 0.25) is 0 Å². The minimum atomic E-state index is -0.755. The van der Waals surface area contributed by atoms with Crippen molar-refractivity contribution in [3.63, 3.8) is 0 Å². The van der Waals surface area contributed by atoms with Crippen LogP contribution in [-0.4, -0.2) is 12.1 Å². The fourth-order valence-electron chi connectivity index (χ4n) is 2.94. The van der Waals surface area contributed by atoms with Gasteiger partial charge in [-0.1, -0.05) is 6.07 Å². The molecule has 1 aromatic rings. The second-order valence-electron chi connectivity index (χ2n) is 4.56. The van der Waals surface area contributed by atoms with Gasteiger partial charge in [0.2, 0.25) is 0 Å². The molecule has 0 spiro atoms. The smallest absolute Gasteiger partial charge is 0.159 e. The molecule has 0 aromatic heterocycles. The number of benzene rings is 1. The van der Waals surface area contributed by atoms with Gasteiger partial charge in [0.25, 0.3) is 0 Å². The van der Waals surface area contributed by atoms with Gasteiger partial charge in [-0.25, -0.2) is 8.78 Å². The number of halogens is 2. The summed E-state index contributed by atoms with van der Waals surface area (Å²) in [6.07, 6.45) is 3.45. The Labute approximate surface area is 87.5 Å². The lowest BCUT2D eigenvalue weighted by atomic mass is 9.84. The SMILES string of the molecule is Fc1ccc(C2CC3CCC2N3)cc1F. The summed E-state index contributed by atoms with van der Waals surface area (Å²) in [6, 6.07) is 5.36. The first-order valence-corrected chi connectivity index (χ1v) is 5.45. The zero-order chi connectivity index (χ0) is 10.4. The van der Waals surface area contributed by atoms with E-state index in [4.69, 9.17) is 0 Å². The van der Waals surface area contributed by atoms with Crippen molar-refractivity contribution in [2.45, 2.75) is 37.3 Å². The average molecular weight is 209 g/mol. The molecule has 2 heterocycles. The Kier molecular flexibility index (Phi) is 2.02. The molecule has 3 atom stereocenters. The third kappa shape index (κ3) is 1.46. The van der Waals surface area contributed by atoms with Crippen LogP contribution in [0, 0.1) is 11.6 Å². The fourth-order valence-corrected chi connectivity index (χ4v) is 2.94. The summed E-state index contributed by atoms with van der Waals surface area (Å²) >= 11 is 0. The largest absolute Gasteiger partial charge is 0.311 e. The van der Waals surface area contributed by atoms with Gasteiger partial charge in [-0.2, -0.15) is 0 Å². The minimum Gasteiger partial charge on any atom is -0.311 e. The van der Waals surface area contributed by atoms with Gasteiger partial charge in [0.15, 0.2) is 11.6 Å². The van der Waals surface area contributed by atoms with E-state index in [0.717, 1.165) is 18.4 Å². The monoisotopic (exact) mass is 209 g/mol. The highest BCUT2D eigenvalue weighted by molar-refractivity contribution is 5.26. The summed E-state index contributed by atoms with van der Waals surface area (Å²) in [7, 11) is 0. The molecule has 2 aliphatic rings. The van der Waals surface area contributed by atoms with E-state index in [1.54, 1.807) is 6.07 Å². The highest BCUT2D eigenvalue weighted by Gasteiger charge is 2.39. The van der Waals surface area contributed by atoms with E-state index >= 15 is 0 Å². The van der Waals surface area contributed by atoms with Crippen molar-refractivity contribution >= 4 is 0 Å². The van der Waals surface area contributed by atoms with Gasteiger partial charge in [0, 0.05) is 18.0 Å². The Morgan fingerprint density at radius 1 is 1.13 bits per heavy atom. The topological polar surface area (TPSA) is 12.0 Å². The lowest BCUT2D eigenvalue weighted by Gasteiger charge is -2.20. The zero-order valence-corrected chi connectivity index (χ0v) is 8.34. The van der Waals surface area contributed by atoms with Crippen LogP contribution in [0.25, 0.3) is 0 Å². The van der Waals surface area contributed by atoms with Crippen LogP contribution in [0.15, 0.2) is 18.2 Å². The summed E-state index contributed by atoms with van der Waals surface area (Å²) < 4.78 is 25.9. The quantitative estimate of drug-likeness (QED) is 0.749. The molecular weight excluding hydrogens is 196 g/mol. The van der Waals surface area contributed by atoms with Crippen molar-refractivity contribution in [3.05, 3.63) is 35.4 Å². The highest BCUT2D eigenvalue weighted by atomic mass is 19.2. The van der Waals surface area contributed by atoms with Crippen LogP contribution in [-0.2, 0) is 0 Å². The predicted molar refractivity (Wildman–Crippen MR) is 53.7 cm³/mol. The summed E-state index contributed by atoms with van der Waals surface area (Å²) in [5, 5.41) is 3.49. The van der Waals surface area contributed by atoms with E-state index in [1.807, 2.05) is 0 Å². The van der Waals surface area contributed by atoms with Gasteiger partial charge < -0.3 is 5.32 Å². The van der Waals surface area contributed by atoms with E-state index in [1.165, 1.54) is 18.6 Å². The Morgan fingerprint density at radius 3 is 2.60 bits per heavy atom. The standard InChI is InChI=1S/C12H13F2N/c13-10-3-1-7(5-11(10)14)9-6-8-2-4-12(9)15-8/h1,3,5,8-9,12,15H,2,4,6H2. The third-order valence-corrected chi connectivity index (χ3v) is 3.67. The molecule has 0 saturated carbocycles. The average Bonchev–Trinajstić information content (AvgIpc) is 2.83. The molecule has 1 nitrogen and oxygen atoms in total. The number of fused-ring (bicyclic) bond motifs is 2. The molecule has 3 unspecified atom stereocenters. The molecule has 80 valence electrons. The van der Waals surface area contributed by atoms with Crippen LogP contribution in [0.1, 0.15) is 30.7 Å². The third-order valence-electron chi connectivity index (χ3n) is 3.67. The second-order valence-corrected chi connectivity index (χ2v) is 4.56. The number of hydrogen-bond donors (Lipinski definition) is 1. The van der Waals surface area contributed by atoms with E-state index in [0.29, 0.717) is 18.0 Å². The molecule has 2 bridgehead atoms. The first-order valence-electron chi connectivity index (χ1n) is 5.45. The zero-order valence-electron chi connectivity index (χ0n) is 8.34. The predicted octanol–water partition coefficient (Wildman–Crippen LogP) is 2.57. The lowest BCUT2D eigenvalue weighted by molar-refractivity contribution is 0.486. The maximum Gasteiger partial charge on any atom is 0.159 e. The molecule has 0 radical (unpaired) electrons. The fraction of sp³-hybridized carbons (Fsp3) is 0.500. The van der Waals surface area contributed by atoms with Crippen molar-refractivity contribution in [2.24, 2.45) is 0 Å². The molecule has 1 N–H and O–H groups in total. The Hall–Kier alpha value is -0.960. The van der Waals surface area contributed by atoms with Gasteiger partial charge in [-0.15, -0.1) is 0 Å². The second kappa shape index (κ2) is 3.27. The minimum absolute atomic E-state index is 0.374. The van der Waals surface area contributed by atoms with Gasteiger partial charge in [-0.3, -0.25) is 0 Å². The van der Waals surface area contributed by atoms with Crippen molar-refractivity contribution in [3.8, 4) is 0 Å². The van der Waals surface area contributed by atoms with Crippen LogP contribution >= 0.6 is 0 Å². The van der Waals surface area contributed by atoms with E-state index < -0.39 is 11.6 Å². The van der Waals surface area contributed by atoms with Crippen molar-refractivity contribution in [2.75, 3.05) is 0 Å². The lowest BCUT2D eigenvalue weighted by Crippen LogP contribution is -2.21. The number of rotatable bonds is 1. The van der Waals surface area contributed by atoms with Gasteiger partial charge in [0.1, 0.15) is 0 Å². The van der Waals surface area contributed by atoms with Crippen LogP contribution in [0.4, 0.5) is 8.78 Å². The highest BCUT2D eigenvalue weighted by Crippen LogP contribution is 2.40. The molecule has 1 aromatic carbocycles. The Morgan fingerprint density at radius 2 is 2.00 bits per heavy atom. The first kappa shape index (κ1) is 9.28. The van der Waals surface area contributed by atoms with E-state index in [2.05, 4.69) is 5.32 Å². The molecular formula is C12H13F2N. The van der Waals surface area contributed by atoms with Crippen LogP contribution < -0.4 is 5.32 Å². The van der Waals surface area contributed by atoms with E-state index in [-0.39, 0.29) is 0 Å². The molecule has 3 rings (SSSR count). The van der Waals surface area contributed by atoms with Crippen molar-refractivity contribution < 1.29 is 8.78 Å². The van der Waals surface area contributed by atoms with Gasteiger partial charge in [-0.05, 0) is 37.0 Å². The Balaban J connectivity index is 1.90. The molecule has 0 amide bonds. The summed E-state index contributed by atoms with van der Waals surface area (Å²) in [5.41, 5.74) is 0.939. The van der Waals surface area contributed by atoms with Crippen molar-refractivity contribution in [1.29, 1.82) is 0 Å². The maximum absolute atomic E-state index is 13.1. The maximum atomic E-state index is 13.1. The number of nitrogens with one attached hydrogen (secondary N) is 1.